The average Bonchev–Trinajstić information content (AvgIpc) is 2.82. The Hall–Kier alpha value is -3.69. The molecule has 1 N–H and O–H groups in total. The Morgan fingerprint density at radius 3 is 2.30 bits per heavy atom. The molecule has 5 nitrogen and oxygen atoms in total. The summed E-state index contributed by atoms with van der Waals surface area (Å²) in [5, 5.41) is 14.3. The first-order chi connectivity index (χ1) is 15.6. The van der Waals surface area contributed by atoms with Crippen LogP contribution < -0.4 is 4.90 Å². The van der Waals surface area contributed by atoms with Crippen molar-refractivity contribution in [1.82, 2.24) is 0 Å². The maximum Gasteiger partial charge on any atom is 0.124 e. The van der Waals surface area contributed by atoms with Gasteiger partial charge in [0.2, 0.25) is 0 Å². The molecule has 0 radical (unpaired) electrons. The molecule has 6 heteroatoms. The molecule has 0 aliphatic rings. The molecule has 4 rings (SSSR count). The summed E-state index contributed by atoms with van der Waals surface area (Å²) in [4.78, 5) is 19.0. The number of para-hydroxylation sites is 5. The molecule has 0 aliphatic heterocycles. The Bertz CT molecular complexity index is 1260. The molecule has 33 heavy (non-hydrogen) atoms. The first-order valence-corrected chi connectivity index (χ1v) is 10.1. The summed E-state index contributed by atoms with van der Waals surface area (Å²) in [6.45, 7) is 1.99. The summed E-state index contributed by atoms with van der Waals surface area (Å²) in [5.41, 5.74) is 3.69. The Morgan fingerprint density at radius 2 is 1.58 bits per heavy atom. The standard InChI is InChI=1S/C27H21N3O2.Pt/c1-20-11-5-8-16-24(20)30(19-28-21-12-3-2-4-13-21)25-17-9-7-15-23(25)29-27(32)22-14-6-10-18-26(22)31;/h2-12,14-18H,1H3,(H2,29,31,32);/q-2;/p-1. The normalized spacial score (nSPS) is 10.5. The van der Waals surface area contributed by atoms with Gasteiger partial charge in [-0.25, -0.2) is 6.07 Å². The van der Waals surface area contributed by atoms with E-state index in [1.54, 1.807) is 41.3 Å². The molecule has 0 saturated carbocycles. The number of nitrogens with zero attached hydrogens (tertiary/aromatic N) is 3. The van der Waals surface area contributed by atoms with Gasteiger partial charge in [-0.1, -0.05) is 66.2 Å². The number of phenolic OH excluding ortho intramolecular Hbond substituents is 1. The third-order valence-electron chi connectivity index (χ3n) is 4.80. The van der Waals surface area contributed by atoms with E-state index in [9.17, 15) is 9.90 Å². The van der Waals surface area contributed by atoms with Crippen LogP contribution in [0.2, 0.25) is 0 Å². The summed E-state index contributed by atoms with van der Waals surface area (Å²) in [7, 11) is 0. The van der Waals surface area contributed by atoms with Crippen LogP contribution in [0.25, 0.3) is 5.32 Å². The van der Waals surface area contributed by atoms with Gasteiger partial charge in [0.15, 0.2) is 0 Å². The molecule has 0 atom stereocenters. The van der Waals surface area contributed by atoms with Crippen LogP contribution in [-0.4, -0.2) is 17.4 Å². The predicted molar refractivity (Wildman–Crippen MR) is 128 cm³/mol. The van der Waals surface area contributed by atoms with E-state index in [0.29, 0.717) is 17.1 Å². The van der Waals surface area contributed by atoms with Crippen molar-refractivity contribution in [2.45, 2.75) is 6.92 Å². The van der Waals surface area contributed by atoms with E-state index in [2.05, 4.69) is 22.7 Å². The third kappa shape index (κ3) is 5.76. The fourth-order valence-electron chi connectivity index (χ4n) is 3.18. The number of hydrogen-bond acceptors (Lipinski definition) is 3. The van der Waals surface area contributed by atoms with Crippen LogP contribution in [0.5, 0.6) is 5.75 Å². The van der Waals surface area contributed by atoms with Gasteiger partial charge in [0.25, 0.3) is 0 Å². The van der Waals surface area contributed by atoms with Crippen molar-refractivity contribution in [3.05, 3.63) is 120 Å². The molecular weight excluding hydrogens is 593 g/mol. The largest absolute Gasteiger partial charge is 0.629 e. The molecule has 0 unspecified atom stereocenters. The van der Waals surface area contributed by atoms with Gasteiger partial charge in [0.05, 0.1) is 5.91 Å². The van der Waals surface area contributed by atoms with E-state index in [1.165, 1.54) is 6.07 Å². The zero-order valence-electron chi connectivity index (χ0n) is 17.8. The van der Waals surface area contributed by atoms with Crippen molar-refractivity contribution in [2.24, 2.45) is 4.99 Å². The van der Waals surface area contributed by atoms with Crippen LogP contribution in [0.4, 0.5) is 22.7 Å². The van der Waals surface area contributed by atoms with Gasteiger partial charge in [-0.05, 0) is 30.4 Å². The number of aliphatic imine (C=N–C) groups is 1. The molecule has 4 aromatic carbocycles. The van der Waals surface area contributed by atoms with Gasteiger partial charge in [-0.15, -0.1) is 5.69 Å². The van der Waals surface area contributed by atoms with Crippen molar-refractivity contribution in [1.29, 1.82) is 0 Å². The van der Waals surface area contributed by atoms with E-state index in [4.69, 9.17) is 0 Å². The Kier molecular flexibility index (Phi) is 8.17. The number of aryl methyl sites for hydroxylation is 1. The van der Waals surface area contributed by atoms with Crippen molar-refractivity contribution >= 4 is 35.0 Å². The fraction of sp³-hybridized carbons (Fsp3) is 0.0370. The van der Waals surface area contributed by atoms with Gasteiger partial charge in [-0.3, -0.25) is 0 Å². The maximum absolute atomic E-state index is 12.8. The minimum absolute atomic E-state index is 0. The first kappa shape index (κ1) is 24.0. The topological polar surface area (TPSA) is 67.0 Å². The van der Waals surface area contributed by atoms with Crippen LogP contribution >= 0.6 is 0 Å². The van der Waals surface area contributed by atoms with Crippen molar-refractivity contribution in [3.8, 4) is 5.75 Å². The molecule has 4 aromatic rings. The molecule has 0 bridgehead atoms. The summed E-state index contributed by atoms with van der Waals surface area (Å²) >= 11 is 0. The van der Waals surface area contributed by atoms with Crippen LogP contribution in [0.1, 0.15) is 15.9 Å². The number of amides is 1. The van der Waals surface area contributed by atoms with Gasteiger partial charge < -0.3 is 25.1 Å². The second-order valence-electron chi connectivity index (χ2n) is 7.00. The van der Waals surface area contributed by atoms with Crippen LogP contribution in [0, 0.1) is 13.0 Å². The minimum atomic E-state index is -0.534. The predicted octanol–water partition coefficient (Wildman–Crippen LogP) is 6.72. The van der Waals surface area contributed by atoms with E-state index in [0.717, 1.165) is 11.3 Å². The first-order valence-electron chi connectivity index (χ1n) is 10.1. The summed E-state index contributed by atoms with van der Waals surface area (Å²) in [5.74, 6) is -0.643. The molecule has 0 aromatic heterocycles. The number of hydrogen-bond donors (Lipinski definition) is 1. The number of rotatable bonds is 6. The van der Waals surface area contributed by atoms with Crippen molar-refractivity contribution in [2.75, 3.05) is 4.90 Å². The minimum Gasteiger partial charge on any atom is -0.629 e. The zero-order chi connectivity index (χ0) is 22.3. The Morgan fingerprint density at radius 1 is 0.909 bits per heavy atom. The number of aromatic hydroxyl groups is 1. The van der Waals surface area contributed by atoms with E-state index in [1.807, 2.05) is 61.5 Å². The number of anilines is 2. The van der Waals surface area contributed by atoms with E-state index < -0.39 is 5.91 Å². The maximum atomic E-state index is 12.8. The molecule has 0 heterocycles. The van der Waals surface area contributed by atoms with Gasteiger partial charge in [-0.2, -0.15) is 30.0 Å². The van der Waals surface area contributed by atoms with Crippen LogP contribution in [0.3, 0.4) is 0 Å². The van der Waals surface area contributed by atoms with E-state index in [-0.39, 0.29) is 32.4 Å². The second kappa shape index (κ2) is 11.3. The van der Waals surface area contributed by atoms with Crippen LogP contribution in [0.15, 0.2) is 102 Å². The van der Waals surface area contributed by atoms with Gasteiger partial charge >= 0.3 is 0 Å². The molecule has 1 amide bonds. The number of phenols is 1. The third-order valence-corrected chi connectivity index (χ3v) is 4.80. The Labute approximate surface area is 207 Å². The molecular formula is C27H20N3O2Pt-3. The summed E-state index contributed by atoms with van der Waals surface area (Å²) < 4.78 is 0. The molecule has 0 saturated heterocycles. The fourth-order valence-corrected chi connectivity index (χ4v) is 3.18. The number of carbonyl (C=O) groups excluding carboxylic acids is 1. The monoisotopic (exact) mass is 613 g/mol. The van der Waals surface area contributed by atoms with E-state index >= 15 is 0 Å². The zero-order valence-corrected chi connectivity index (χ0v) is 20.0. The number of carbonyl (C=O) groups is 1. The average molecular weight is 614 g/mol. The SMILES string of the molecule is Cc1ccccc1N([C-]=Nc1[c-]cccc1)c1ccccc1[N-]C(=O)c1ccccc1O.[Pt]. The molecule has 0 spiro atoms. The second-order valence-corrected chi connectivity index (χ2v) is 7.00. The molecule has 0 fully saturated rings. The van der Waals surface area contributed by atoms with Gasteiger partial charge in [0.1, 0.15) is 5.75 Å². The number of benzene rings is 4. The van der Waals surface area contributed by atoms with Crippen molar-refractivity contribution in [3.63, 3.8) is 0 Å². The quantitative estimate of drug-likeness (QED) is 0.114. The van der Waals surface area contributed by atoms with Crippen molar-refractivity contribution < 1.29 is 31.0 Å². The van der Waals surface area contributed by atoms with Gasteiger partial charge in [0, 0.05) is 33.0 Å². The smallest absolute Gasteiger partial charge is 0.124 e. The Balaban J connectivity index is 0.00000306. The summed E-state index contributed by atoms with van der Waals surface area (Å²) in [6.07, 6.45) is 3.08. The summed E-state index contributed by atoms with van der Waals surface area (Å²) in [6, 6.07) is 31.9. The van der Waals surface area contributed by atoms with Crippen LogP contribution in [-0.2, 0) is 21.1 Å². The molecule has 0 aliphatic carbocycles. The molecule has 168 valence electrons.